The van der Waals surface area contributed by atoms with Gasteiger partial charge in [-0.25, -0.2) is 4.98 Å². The van der Waals surface area contributed by atoms with Gasteiger partial charge < -0.3 is 4.74 Å². The highest BCUT2D eigenvalue weighted by atomic mass is 35.5. The summed E-state index contributed by atoms with van der Waals surface area (Å²) in [6.45, 7) is 3.88. The molecule has 0 aliphatic heterocycles. The molecule has 0 radical (unpaired) electrons. The lowest BCUT2D eigenvalue weighted by molar-refractivity contribution is -0.118. The van der Waals surface area contributed by atoms with Gasteiger partial charge in [0.1, 0.15) is 5.75 Å². The van der Waals surface area contributed by atoms with Crippen molar-refractivity contribution < 1.29 is 9.53 Å². The molecule has 0 saturated carbocycles. The predicted octanol–water partition coefficient (Wildman–Crippen LogP) is 5.75. The number of carbonyl (C=O) groups is 1. The van der Waals surface area contributed by atoms with Crippen LogP contribution < -0.4 is 10.1 Å². The van der Waals surface area contributed by atoms with Gasteiger partial charge in [-0.2, -0.15) is 0 Å². The fourth-order valence-corrected chi connectivity index (χ4v) is 3.56. The van der Waals surface area contributed by atoms with Crippen LogP contribution in [0.2, 0.25) is 10.0 Å². The minimum atomic E-state index is -0.269. The van der Waals surface area contributed by atoms with E-state index in [1.165, 1.54) is 11.3 Å². The van der Waals surface area contributed by atoms with Crippen LogP contribution >= 0.6 is 34.5 Å². The van der Waals surface area contributed by atoms with Crippen LogP contribution in [-0.2, 0) is 4.79 Å². The Kier molecular flexibility index (Phi) is 5.81. The summed E-state index contributed by atoms with van der Waals surface area (Å²) < 4.78 is 5.60. The fourth-order valence-electron chi connectivity index (χ4n) is 2.33. The van der Waals surface area contributed by atoms with E-state index in [9.17, 15) is 4.79 Å². The summed E-state index contributed by atoms with van der Waals surface area (Å²) in [6.07, 6.45) is 0. The van der Waals surface area contributed by atoms with Crippen LogP contribution in [0.3, 0.4) is 0 Å². The molecule has 2 aromatic carbocycles. The van der Waals surface area contributed by atoms with Gasteiger partial charge >= 0.3 is 0 Å². The van der Waals surface area contributed by atoms with Crippen molar-refractivity contribution in [3.05, 3.63) is 63.0 Å². The van der Waals surface area contributed by atoms with E-state index in [1.807, 2.05) is 37.4 Å². The second-order valence-electron chi connectivity index (χ2n) is 5.70. The molecule has 1 heterocycles. The third kappa shape index (κ3) is 4.36. The van der Waals surface area contributed by atoms with E-state index in [2.05, 4.69) is 10.3 Å². The first kappa shape index (κ1) is 18.7. The van der Waals surface area contributed by atoms with Crippen molar-refractivity contribution in [2.45, 2.75) is 13.8 Å². The molecule has 0 spiro atoms. The van der Waals surface area contributed by atoms with E-state index in [0.29, 0.717) is 26.6 Å². The van der Waals surface area contributed by atoms with E-state index in [0.717, 1.165) is 16.7 Å². The molecule has 0 fully saturated rings. The number of hydrogen-bond donors (Lipinski definition) is 1. The maximum Gasteiger partial charge on any atom is 0.264 e. The Morgan fingerprint density at radius 1 is 1.23 bits per heavy atom. The van der Waals surface area contributed by atoms with Crippen molar-refractivity contribution in [3.8, 4) is 17.0 Å². The number of thiazole rings is 1. The van der Waals surface area contributed by atoms with Gasteiger partial charge in [0, 0.05) is 16.0 Å². The molecule has 0 unspecified atom stereocenters. The average Bonchev–Trinajstić information content (AvgIpc) is 3.04. The number of amides is 1. The van der Waals surface area contributed by atoms with Crippen molar-refractivity contribution in [1.82, 2.24) is 4.98 Å². The molecule has 1 aromatic heterocycles. The lowest BCUT2D eigenvalue weighted by atomic mass is 10.1. The molecule has 7 heteroatoms. The zero-order chi connectivity index (χ0) is 18.7. The monoisotopic (exact) mass is 406 g/mol. The topological polar surface area (TPSA) is 51.2 Å². The SMILES string of the molecule is Cc1cccc(OCC(=O)Nc2nc(-c3ccc(Cl)cc3Cl)cs2)c1C. The summed E-state index contributed by atoms with van der Waals surface area (Å²) >= 11 is 13.4. The number of benzene rings is 2. The van der Waals surface area contributed by atoms with Gasteiger partial charge in [-0.15, -0.1) is 11.3 Å². The van der Waals surface area contributed by atoms with Gasteiger partial charge in [0.05, 0.1) is 10.7 Å². The number of hydrogen-bond acceptors (Lipinski definition) is 4. The van der Waals surface area contributed by atoms with Crippen LogP contribution in [0.5, 0.6) is 5.75 Å². The summed E-state index contributed by atoms with van der Waals surface area (Å²) in [5, 5.41) is 6.13. The van der Waals surface area contributed by atoms with Gasteiger partial charge in [-0.3, -0.25) is 10.1 Å². The Bertz CT molecular complexity index is 956. The van der Waals surface area contributed by atoms with Gasteiger partial charge in [0.15, 0.2) is 11.7 Å². The molecular weight excluding hydrogens is 391 g/mol. The van der Waals surface area contributed by atoms with Crippen LogP contribution in [0.4, 0.5) is 5.13 Å². The number of aryl methyl sites for hydroxylation is 1. The number of halogens is 2. The van der Waals surface area contributed by atoms with Crippen molar-refractivity contribution in [2.24, 2.45) is 0 Å². The average molecular weight is 407 g/mol. The molecule has 0 atom stereocenters. The Morgan fingerprint density at radius 2 is 2.04 bits per heavy atom. The molecule has 0 aliphatic carbocycles. The van der Waals surface area contributed by atoms with Crippen LogP contribution in [0.25, 0.3) is 11.3 Å². The zero-order valence-corrected chi connectivity index (χ0v) is 16.5. The Morgan fingerprint density at radius 3 is 2.81 bits per heavy atom. The van der Waals surface area contributed by atoms with Crippen LogP contribution in [0, 0.1) is 13.8 Å². The normalized spacial score (nSPS) is 10.6. The molecule has 1 amide bonds. The molecule has 4 nitrogen and oxygen atoms in total. The highest BCUT2D eigenvalue weighted by Crippen LogP contribution is 2.32. The van der Waals surface area contributed by atoms with E-state index >= 15 is 0 Å². The highest BCUT2D eigenvalue weighted by Gasteiger charge is 2.12. The number of anilines is 1. The highest BCUT2D eigenvalue weighted by molar-refractivity contribution is 7.14. The summed E-state index contributed by atoms with van der Waals surface area (Å²) in [5.74, 6) is 0.432. The van der Waals surface area contributed by atoms with Crippen molar-refractivity contribution in [2.75, 3.05) is 11.9 Å². The molecular formula is C19H16Cl2N2O2S. The first-order valence-electron chi connectivity index (χ1n) is 7.84. The Balaban J connectivity index is 1.63. The Labute approximate surface area is 165 Å². The van der Waals surface area contributed by atoms with Crippen molar-refractivity contribution in [3.63, 3.8) is 0 Å². The van der Waals surface area contributed by atoms with Crippen LogP contribution in [0.15, 0.2) is 41.8 Å². The number of rotatable bonds is 5. The fraction of sp³-hybridized carbons (Fsp3) is 0.158. The first-order chi connectivity index (χ1) is 12.4. The molecule has 0 saturated heterocycles. The second kappa shape index (κ2) is 8.08. The van der Waals surface area contributed by atoms with Crippen molar-refractivity contribution in [1.29, 1.82) is 0 Å². The van der Waals surface area contributed by atoms with Gasteiger partial charge in [-0.05, 0) is 49.2 Å². The lowest BCUT2D eigenvalue weighted by Gasteiger charge is -2.10. The Hall–Kier alpha value is -2.08. The lowest BCUT2D eigenvalue weighted by Crippen LogP contribution is -2.20. The minimum Gasteiger partial charge on any atom is -0.483 e. The largest absolute Gasteiger partial charge is 0.483 e. The molecule has 134 valence electrons. The number of ether oxygens (including phenoxy) is 1. The smallest absolute Gasteiger partial charge is 0.264 e. The van der Waals surface area contributed by atoms with Gasteiger partial charge in [0.2, 0.25) is 0 Å². The molecule has 3 rings (SSSR count). The maximum absolute atomic E-state index is 12.1. The first-order valence-corrected chi connectivity index (χ1v) is 9.47. The van der Waals surface area contributed by atoms with E-state index < -0.39 is 0 Å². The zero-order valence-electron chi connectivity index (χ0n) is 14.2. The molecule has 0 aliphatic rings. The second-order valence-corrected chi connectivity index (χ2v) is 7.40. The van der Waals surface area contributed by atoms with E-state index in [-0.39, 0.29) is 12.5 Å². The van der Waals surface area contributed by atoms with Crippen LogP contribution in [0.1, 0.15) is 11.1 Å². The van der Waals surface area contributed by atoms with E-state index in [1.54, 1.807) is 18.2 Å². The third-order valence-corrected chi connectivity index (χ3v) is 5.18. The van der Waals surface area contributed by atoms with Gasteiger partial charge in [-0.1, -0.05) is 35.3 Å². The number of nitrogens with one attached hydrogen (secondary N) is 1. The maximum atomic E-state index is 12.1. The van der Waals surface area contributed by atoms with Crippen LogP contribution in [-0.4, -0.2) is 17.5 Å². The summed E-state index contributed by atoms with van der Waals surface area (Å²) in [4.78, 5) is 16.5. The number of aromatic nitrogens is 1. The molecule has 3 aromatic rings. The molecule has 26 heavy (non-hydrogen) atoms. The summed E-state index contributed by atoms with van der Waals surface area (Å²) in [7, 11) is 0. The van der Waals surface area contributed by atoms with Crippen molar-refractivity contribution >= 4 is 45.6 Å². The molecule has 0 bridgehead atoms. The third-order valence-electron chi connectivity index (χ3n) is 3.87. The van der Waals surface area contributed by atoms with E-state index in [4.69, 9.17) is 27.9 Å². The number of nitrogens with zero attached hydrogens (tertiary/aromatic N) is 1. The summed E-state index contributed by atoms with van der Waals surface area (Å²) in [5.41, 5.74) is 3.59. The summed E-state index contributed by atoms with van der Waals surface area (Å²) in [6, 6.07) is 11.0. The quantitative estimate of drug-likeness (QED) is 0.586. The minimum absolute atomic E-state index is 0.0824. The van der Waals surface area contributed by atoms with Gasteiger partial charge in [0.25, 0.3) is 5.91 Å². The number of carbonyl (C=O) groups excluding carboxylic acids is 1. The molecule has 1 N–H and O–H groups in total. The predicted molar refractivity (Wildman–Crippen MR) is 108 cm³/mol. The standard InChI is InChI=1S/C19H16Cl2N2O2S/c1-11-4-3-5-17(12(11)2)25-9-18(24)23-19-22-16(10-26-19)14-7-6-13(20)8-15(14)21/h3-8,10H,9H2,1-2H3,(H,22,23,24).